The lowest BCUT2D eigenvalue weighted by Crippen LogP contribution is -2.34. The SMILES string of the molecule is CCC(Cc1ccc(Cl)c([N+](=O)[O-])c1)NCCN. The highest BCUT2D eigenvalue weighted by atomic mass is 35.5. The average molecular weight is 272 g/mol. The van der Waals surface area contributed by atoms with E-state index in [1.54, 1.807) is 6.07 Å². The van der Waals surface area contributed by atoms with Gasteiger partial charge in [-0.25, -0.2) is 0 Å². The van der Waals surface area contributed by atoms with Gasteiger partial charge in [-0.1, -0.05) is 24.6 Å². The summed E-state index contributed by atoms with van der Waals surface area (Å²) in [6.45, 7) is 3.39. The van der Waals surface area contributed by atoms with Crippen LogP contribution in [-0.4, -0.2) is 24.1 Å². The molecule has 0 aliphatic heterocycles. The monoisotopic (exact) mass is 271 g/mol. The van der Waals surface area contributed by atoms with Crippen molar-refractivity contribution in [1.29, 1.82) is 0 Å². The van der Waals surface area contributed by atoms with Crippen molar-refractivity contribution in [2.75, 3.05) is 13.1 Å². The maximum Gasteiger partial charge on any atom is 0.288 e. The summed E-state index contributed by atoms with van der Waals surface area (Å²) in [6.07, 6.45) is 1.67. The normalized spacial score (nSPS) is 12.4. The Morgan fingerprint density at radius 2 is 2.28 bits per heavy atom. The van der Waals surface area contributed by atoms with Crippen molar-refractivity contribution < 1.29 is 4.92 Å². The minimum atomic E-state index is -0.458. The number of nitrogens with zero attached hydrogens (tertiary/aromatic N) is 1. The highest BCUT2D eigenvalue weighted by molar-refractivity contribution is 6.32. The number of nitrogens with one attached hydrogen (secondary N) is 1. The Morgan fingerprint density at radius 3 is 2.83 bits per heavy atom. The smallest absolute Gasteiger partial charge is 0.288 e. The molecule has 100 valence electrons. The van der Waals surface area contributed by atoms with Gasteiger partial charge < -0.3 is 11.1 Å². The van der Waals surface area contributed by atoms with E-state index in [1.807, 2.05) is 6.07 Å². The third-order valence-corrected chi connectivity index (χ3v) is 3.08. The molecule has 3 N–H and O–H groups in total. The molecule has 5 nitrogen and oxygen atoms in total. The highest BCUT2D eigenvalue weighted by Gasteiger charge is 2.14. The van der Waals surface area contributed by atoms with Gasteiger partial charge in [0.15, 0.2) is 0 Å². The molecule has 0 aliphatic carbocycles. The van der Waals surface area contributed by atoms with Crippen LogP contribution < -0.4 is 11.1 Å². The van der Waals surface area contributed by atoms with Gasteiger partial charge in [0.05, 0.1) is 4.92 Å². The second-order valence-electron chi connectivity index (χ2n) is 4.09. The topological polar surface area (TPSA) is 81.2 Å². The molecule has 0 aliphatic rings. The summed E-state index contributed by atoms with van der Waals surface area (Å²) in [5.41, 5.74) is 6.31. The van der Waals surface area contributed by atoms with Gasteiger partial charge in [-0.3, -0.25) is 10.1 Å². The van der Waals surface area contributed by atoms with E-state index in [9.17, 15) is 10.1 Å². The predicted octanol–water partition coefficient (Wildman–Crippen LogP) is 2.12. The van der Waals surface area contributed by atoms with Gasteiger partial charge in [0.1, 0.15) is 5.02 Å². The average Bonchev–Trinajstić information content (AvgIpc) is 2.36. The Balaban J connectivity index is 2.77. The number of nitrogens with two attached hydrogens (primary N) is 1. The number of benzene rings is 1. The summed E-state index contributed by atoms with van der Waals surface area (Å²) in [7, 11) is 0. The van der Waals surface area contributed by atoms with Gasteiger partial charge in [-0.05, 0) is 24.5 Å². The fraction of sp³-hybridized carbons (Fsp3) is 0.500. The van der Waals surface area contributed by atoms with Crippen molar-refractivity contribution in [3.8, 4) is 0 Å². The Kier molecular flexibility index (Phi) is 6.04. The van der Waals surface area contributed by atoms with Crippen LogP contribution in [0.3, 0.4) is 0 Å². The molecule has 1 unspecified atom stereocenters. The van der Waals surface area contributed by atoms with E-state index in [2.05, 4.69) is 12.2 Å². The van der Waals surface area contributed by atoms with Crippen molar-refractivity contribution in [2.45, 2.75) is 25.8 Å². The number of nitro benzene ring substituents is 1. The van der Waals surface area contributed by atoms with Crippen LogP contribution in [0.4, 0.5) is 5.69 Å². The van der Waals surface area contributed by atoms with Gasteiger partial charge in [0, 0.05) is 25.2 Å². The summed E-state index contributed by atoms with van der Waals surface area (Å²) in [5, 5.41) is 14.3. The Bertz CT molecular complexity index is 412. The molecule has 0 spiro atoms. The molecular weight excluding hydrogens is 254 g/mol. The molecule has 0 heterocycles. The zero-order valence-electron chi connectivity index (χ0n) is 10.4. The molecule has 0 saturated carbocycles. The summed E-state index contributed by atoms with van der Waals surface area (Å²) < 4.78 is 0. The van der Waals surface area contributed by atoms with Crippen LogP contribution in [-0.2, 0) is 6.42 Å². The molecular formula is C12H18ClN3O2. The second kappa shape index (κ2) is 7.31. The summed E-state index contributed by atoms with van der Waals surface area (Å²) >= 11 is 5.77. The standard InChI is InChI=1S/C12H18ClN3O2/c1-2-10(15-6-5-14)7-9-3-4-11(13)12(8-9)16(17)18/h3-4,8,10,15H,2,5-7,14H2,1H3. The van der Waals surface area contributed by atoms with E-state index < -0.39 is 4.92 Å². The van der Waals surface area contributed by atoms with Gasteiger partial charge in [-0.2, -0.15) is 0 Å². The van der Waals surface area contributed by atoms with Crippen molar-refractivity contribution >= 4 is 17.3 Å². The van der Waals surface area contributed by atoms with E-state index in [-0.39, 0.29) is 16.8 Å². The van der Waals surface area contributed by atoms with Crippen molar-refractivity contribution in [2.24, 2.45) is 5.73 Å². The number of rotatable bonds is 7. The van der Waals surface area contributed by atoms with Gasteiger partial charge in [0.2, 0.25) is 0 Å². The number of nitro groups is 1. The van der Waals surface area contributed by atoms with E-state index in [0.717, 1.165) is 24.9 Å². The fourth-order valence-corrected chi connectivity index (χ4v) is 1.94. The maximum absolute atomic E-state index is 10.8. The van der Waals surface area contributed by atoms with E-state index in [0.29, 0.717) is 6.54 Å². The van der Waals surface area contributed by atoms with Crippen LogP contribution in [0.25, 0.3) is 0 Å². The molecule has 0 aromatic heterocycles. The first-order valence-electron chi connectivity index (χ1n) is 5.94. The third-order valence-electron chi connectivity index (χ3n) is 2.76. The minimum Gasteiger partial charge on any atom is -0.329 e. The van der Waals surface area contributed by atoms with Crippen LogP contribution in [0.1, 0.15) is 18.9 Å². The highest BCUT2D eigenvalue weighted by Crippen LogP contribution is 2.25. The van der Waals surface area contributed by atoms with Crippen molar-refractivity contribution in [3.05, 3.63) is 38.9 Å². The largest absolute Gasteiger partial charge is 0.329 e. The third kappa shape index (κ3) is 4.25. The number of hydrogen-bond acceptors (Lipinski definition) is 4. The van der Waals surface area contributed by atoms with Gasteiger partial charge in [0.25, 0.3) is 5.69 Å². The molecule has 0 amide bonds. The minimum absolute atomic E-state index is 0.0390. The summed E-state index contributed by atoms with van der Waals surface area (Å²) in [4.78, 5) is 10.3. The predicted molar refractivity (Wildman–Crippen MR) is 72.9 cm³/mol. The summed E-state index contributed by atoms with van der Waals surface area (Å²) in [6, 6.07) is 5.20. The van der Waals surface area contributed by atoms with Crippen LogP contribution >= 0.6 is 11.6 Å². The lowest BCUT2D eigenvalue weighted by atomic mass is 10.0. The maximum atomic E-state index is 10.8. The number of hydrogen-bond donors (Lipinski definition) is 2. The molecule has 0 saturated heterocycles. The van der Waals surface area contributed by atoms with Crippen LogP contribution in [0.15, 0.2) is 18.2 Å². The van der Waals surface area contributed by atoms with E-state index >= 15 is 0 Å². The van der Waals surface area contributed by atoms with Gasteiger partial charge >= 0.3 is 0 Å². The quantitative estimate of drug-likeness (QED) is 0.588. The molecule has 0 fully saturated rings. The van der Waals surface area contributed by atoms with Crippen LogP contribution in [0, 0.1) is 10.1 Å². The number of halogens is 1. The lowest BCUT2D eigenvalue weighted by molar-refractivity contribution is -0.384. The Labute approximate surface area is 111 Å². The zero-order valence-corrected chi connectivity index (χ0v) is 11.1. The Morgan fingerprint density at radius 1 is 1.56 bits per heavy atom. The zero-order chi connectivity index (χ0) is 13.5. The van der Waals surface area contributed by atoms with Crippen molar-refractivity contribution in [1.82, 2.24) is 5.32 Å². The van der Waals surface area contributed by atoms with Crippen molar-refractivity contribution in [3.63, 3.8) is 0 Å². The fourth-order valence-electron chi connectivity index (χ4n) is 1.76. The van der Waals surface area contributed by atoms with Crippen LogP contribution in [0.5, 0.6) is 0 Å². The molecule has 0 bridgehead atoms. The van der Waals surface area contributed by atoms with E-state index in [4.69, 9.17) is 17.3 Å². The molecule has 0 radical (unpaired) electrons. The van der Waals surface area contributed by atoms with Gasteiger partial charge in [-0.15, -0.1) is 0 Å². The second-order valence-corrected chi connectivity index (χ2v) is 4.50. The lowest BCUT2D eigenvalue weighted by Gasteiger charge is -2.16. The summed E-state index contributed by atoms with van der Waals surface area (Å²) in [5.74, 6) is 0. The molecule has 6 heteroatoms. The first kappa shape index (κ1) is 14.9. The molecule has 1 atom stereocenters. The molecule has 1 aromatic rings. The Hall–Kier alpha value is -1.17. The first-order valence-corrected chi connectivity index (χ1v) is 6.32. The molecule has 18 heavy (non-hydrogen) atoms. The molecule has 1 rings (SSSR count). The molecule has 1 aromatic carbocycles. The van der Waals surface area contributed by atoms with Crippen LogP contribution in [0.2, 0.25) is 5.02 Å². The van der Waals surface area contributed by atoms with E-state index in [1.165, 1.54) is 6.07 Å². The first-order chi connectivity index (χ1) is 8.58.